The summed E-state index contributed by atoms with van der Waals surface area (Å²) >= 11 is 6.75. The van der Waals surface area contributed by atoms with E-state index < -0.39 is 0 Å². The Hall–Kier alpha value is -2.31. The molecule has 0 bridgehead atoms. The fourth-order valence-corrected chi connectivity index (χ4v) is 4.20. The van der Waals surface area contributed by atoms with Crippen LogP contribution < -0.4 is 9.47 Å². The van der Waals surface area contributed by atoms with Gasteiger partial charge in [-0.3, -0.25) is 9.69 Å². The number of ether oxygens (including phenoxy) is 2. The molecule has 1 heterocycles. The highest BCUT2D eigenvalue weighted by Gasteiger charge is 2.32. The number of carbonyl (C=O) groups excluding carboxylic acids is 1. The Kier molecular flexibility index (Phi) is 5.87. The van der Waals surface area contributed by atoms with E-state index in [0.29, 0.717) is 21.5 Å². The number of thioether (sulfide) groups is 1. The summed E-state index contributed by atoms with van der Waals surface area (Å²) in [7, 11) is 3.24. The monoisotopic (exact) mass is 399 g/mol. The van der Waals surface area contributed by atoms with Crippen LogP contribution in [0.15, 0.2) is 41.3 Å². The molecule has 0 atom stereocenters. The van der Waals surface area contributed by atoms with Crippen LogP contribution >= 0.6 is 24.0 Å². The van der Waals surface area contributed by atoms with Crippen LogP contribution in [-0.2, 0) is 11.3 Å². The molecule has 27 heavy (non-hydrogen) atoms. The zero-order valence-electron chi connectivity index (χ0n) is 15.7. The first-order valence-electron chi connectivity index (χ1n) is 8.47. The predicted molar refractivity (Wildman–Crippen MR) is 114 cm³/mol. The van der Waals surface area contributed by atoms with Gasteiger partial charge in [0.2, 0.25) is 0 Å². The Labute approximate surface area is 169 Å². The van der Waals surface area contributed by atoms with E-state index in [0.717, 1.165) is 22.4 Å². The van der Waals surface area contributed by atoms with Gasteiger partial charge in [-0.1, -0.05) is 53.8 Å². The molecule has 1 amide bonds. The lowest BCUT2D eigenvalue weighted by Gasteiger charge is -2.15. The minimum atomic E-state index is -0.0823. The van der Waals surface area contributed by atoms with Gasteiger partial charge in [0.1, 0.15) is 15.8 Å². The maximum atomic E-state index is 12.9. The number of carbonyl (C=O) groups is 1. The van der Waals surface area contributed by atoms with Crippen molar-refractivity contribution in [2.45, 2.75) is 20.4 Å². The van der Waals surface area contributed by atoms with Crippen LogP contribution in [0.3, 0.4) is 0 Å². The Bertz CT molecular complexity index is 920. The number of aryl methyl sites for hydroxylation is 1. The number of benzene rings is 2. The van der Waals surface area contributed by atoms with Gasteiger partial charge in [-0.15, -0.1) is 0 Å². The highest BCUT2D eigenvalue weighted by Crippen LogP contribution is 2.37. The van der Waals surface area contributed by atoms with E-state index in [1.54, 1.807) is 19.1 Å². The standard InChI is InChI=1S/C21H21NO3S2/c1-13-5-7-15(8-6-13)12-22-20(23)18(27-21(22)26)11-16-9-10-17(24-3)14(2)19(16)25-4/h5-11H,12H2,1-4H3/b18-11-. The van der Waals surface area contributed by atoms with Gasteiger partial charge in [0.25, 0.3) is 5.91 Å². The molecule has 1 fully saturated rings. The number of hydrogen-bond donors (Lipinski definition) is 0. The molecular formula is C21H21NO3S2. The van der Waals surface area contributed by atoms with E-state index in [1.807, 2.05) is 56.3 Å². The van der Waals surface area contributed by atoms with Crippen LogP contribution in [0, 0.1) is 13.8 Å². The average molecular weight is 400 g/mol. The van der Waals surface area contributed by atoms with Gasteiger partial charge in [0.05, 0.1) is 25.7 Å². The molecule has 140 valence electrons. The SMILES string of the molecule is COc1ccc(/C=C2\SC(=S)N(Cc3ccc(C)cc3)C2=O)c(OC)c1C. The van der Waals surface area contributed by atoms with Crippen molar-refractivity contribution in [2.24, 2.45) is 0 Å². The second-order valence-electron chi connectivity index (χ2n) is 6.27. The number of thiocarbonyl (C=S) groups is 1. The molecule has 0 aromatic heterocycles. The molecule has 4 nitrogen and oxygen atoms in total. The van der Waals surface area contributed by atoms with Crippen molar-refractivity contribution >= 4 is 40.3 Å². The maximum Gasteiger partial charge on any atom is 0.266 e. The molecule has 3 rings (SSSR count). The number of methoxy groups -OCH3 is 2. The summed E-state index contributed by atoms with van der Waals surface area (Å²) in [5.74, 6) is 1.36. The van der Waals surface area contributed by atoms with Gasteiger partial charge >= 0.3 is 0 Å². The third-order valence-corrected chi connectivity index (χ3v) is 5.81. The summed E-state index contributed by atoms with van der Waals surface area (Å²) in [4.78, 5) is 15.1. The first kappa shape index (κ1) is 19.5. The molecule has 6 heteroatoms. The van der Waals surface area contributed by atoms with Crippen molar-refractivity contribution in [3.05, 3.63) is 63.6 Å². The number of amides is 1. The van der Waals surface area contributed by atoms with Crippen molar-refractivity contribution in [3.63, 3.8) is 0 Å². The van der Waals surface area contributed by atoms with Crippen LogP contribution in [0.2, 0.25) is 0 Å². The fourth-order valence-electron chi connectivity index (χ4n) is 2.95. The molecular weight excluding hydrogens is 378 g/mol. The molecule has 1 aliphatic rings. The van der Waals surface area contributed by atoms with Gasteiger partial charge in [-0.25, -0.2) is 0 Å². The summed E-state index contributed by atoms with van der Waals surface area (Å²) < 4.78 is 11.4. The Balaban J connectivity index is 1.88. The Morgan fingerprint density at radius 2 is 1.78 bits per heavy atom. The number of hydrogen-bond acceptors (Lipinski definition) is 5. The fraction of sp³-hybridized carbons (Fsp3) is 0.238. The summed E-state index contributed by atoms with van der Waals surface area (Å²) in [6.07, 6.45) is 1.83. The molecule has 0 saturated carbocycles. The third kappa shape index (κ3) is 4.01. The lowest BCUT2D eigenvalue weighted by atomic mass is 10.1. The molecule has 0 radical (unpaired) electrons. The normalized spacial score (nSPS) is 15.6. The maximum absolute atomic E-state index is 12.9. The minimum absolute atomic E-state index is 0.0823. The van der Waals surface area contributed by atoms with E-state index in [4.69, 9.17) is 21.7 Å². The molecule has 0 aliphatic carbocycles. The summed E-state index contributed by atoms with van der Waals surface area (Å²) in [5.41, 5.74) is 3.96. The number of nitrogens with zero attached hydrogens (tertiary/aromatic N) is 1. The molecule has 0 N–H and O–H groups in total. The highest BCUT2D eigenvalue weighted by molar-refractivity contribution is 8.26. The molecule has 0 unspecified atom stereocenters. The first-order valence-corrected chi connectivity index (χ1v) is 9.69. The van der Waals surface area contributed by atoms with Gasteiger partial charge in [0, 0.05) is 11.1 Å². The summed E-state index contributed by atoms with van der Waals surface area (Å²) in [5, 5.41) is 0. The molecule has 0 spiro atoms. The third-order valence-electron chi connectivity index (χ3n) is 4.43. The van der Waals surface area contributed by atoms with Gasteiger partial charge < -0.3 is 9.47 Å². The van der Waals surface area contributed by atoms with Gasteiger partial charge in [0.15, 0.2) is 0 Å². The first-order chi connectivity index (χ1) is 12.9. The molecule has 2 aromatic rings. The molecule has 2 aromatic carbocycles. The van der Waals surface area contributed by atoms with Gasteiger partial charge in [-0.05, 0) is 37.6 Å². The molecule has 1 aliphatic heterocycles. The summed E-state index contributed by atoms with van der Waals surface area (Å²) in [6.45, 7) is 4.44. The van der Waals surface area contributed by atoms with E-state index in [1.165, 1.54) is 17.3 Å². The van der Waals surface area contributed by atoms with Crippen molar-refractivity contribution < 1.29 is 14.3 Å². The zero-order chi connectivity index (χ0) is 19.6. The van der Waals surface area contributed by atoms with E-state index >= 15 is 0 Å². The molecule has 1 saturated heterocycles. The lowest BCUT2D eigenvalue weighted by Crippen LogP contribution is -2.27. The highest BCUT2D eigenvalue weighted by atomic mass is 32.2. The predicted octanol–water partition coefficient (Wildman–Crippen LogP) is 4.72. The lowest BCUT2D eigenvalue weighted by molar-refractivity contribution is -0.122. The summed E-state index contributed by atoms with van der Waals surface area (Å²) in [6, 6.07) is 11.9. The van der Waals surface area contributed by atoms with Crippen molar-refractivity contribution in [1.82, 2.24) is 4.90 Å². The van der Waals surface area contributed by atoms with Crippen molar-refractivity contribution in [1.29, 1.82) is 0 Å². The Morgan fingerprint density at radius 1 is 1.07 bits per heavy atom. The quantitative estimate of drug-likeness (QED) is 0.537. The minimum Gasteiger partial charge on any atom is -0.496 e. The van der Waals surface area contributed by atoms with Crippen LogP contribution in [0.1, 0.15) is 22.3 Å². The second-order valence-corrected chi connectivity index (χ2v) is 7.94. The average Bonchev–Trinajstić information content (AvgIpc) is 2.91. The van der Waals surface area contributed by atoms with E-state index in [2.05, 4.69) is 0 Å². The van der Waals surface area contributed by atoms with Crippen LogP contribution in [0.5, 0.6) is 11.5 Å². The van der Waals surface area contributed by atoms with E-state index in [9.17, 15) is 4.79 Å². The number of rotatable bonds is 5. The smallest absolute Gasteiger partial charge is 0.266 e. The van der Waals surface area contributed by atoms with Crippen LogP contribution in [0.25, 0.3) is 6.08 Å². The van der Waals surface area contributed by atoms with Crippen LogP contribution in [0.4, 0.5) is 0 Å². The van der Waals surface area contributed by atoms with Crippen molar-refractivity contribution in [3.8, 4) is 11.5 Å². The zero-order valence-corrected chi connectivity index (χ0v) is 17.4. The van der Waals surface area contributed by atoms with Gasteiger partial charge in [-0.2, -0.15) is 0 Å². The van der Waals surface area contributed by atoms with E-state index in [-0.39, 0.29) is 5.91 Å². The second kappa shape index (κ2) is 8.15. The topological polar surface area (TPSA) is 38.8 Å². The van der Waals surface area contributed by atoms with Crippen molar-refractivity contribution in [2.75, 3.05) is 14.2 Å². The van der Waals surface area contributed by atoms with Crippen LogP contribution in [-0.4, -0.2) is 29.3 Å². The largest absolute Gasteiger partial charge is 0.496 e. The Morgan fingerprint density at radius 3 is 2.41 bits per heavy atom.